The first-order valence-electron chi connectivity index (χ1n) is 7.76. The molecule has 0 aliphatic carbocycles. The van der Waals surface area contributed by atoms with Crippen LogP contribution >= 0.6 is 0 Å². The molecule has 0 saturated heterocycles. The van der Waals surface area contributed by atoms with E-state index in [0.717, 1.165) is 12.0 Å². The highest BCUT2D eigenvalue weighted by Gasteiger charge is 2.16. The Bertz CT molecular complexity index is 650. The number of carbonyl (C=O) groups is 2. The zero-order chi connectivity index (χ0) is 16.7. The molecule has 2 aromatic carbocycles. The Morgan fingerprint density at radius 1 is 1.04 bits per heavy atom. The van der Waals surface area contributed by atoms with E-state index in [1.807, 2.05) is 42.5 Å². The van der Waals surface area contributed by atoms with Gasteiger partial charge in [-0.3, -0.25) is 9.59 Å². The molecule has 0 fully saturated rings. The maximum atomic E-state index is 12.4. The Morgan fingerprint density at radius 3 is 2.26 bits per heavy atom. The smallest absolute Gasteiger partial charge is 0.303 e. The molecule has 23 heavy (non-hydrogen) atoms. The molecular weight excluding hydrogens is 290 g/mol. The van der Waals surface area contributed by atoms with E-state index >= 15 is 0 Å². The largest absolute Gasteiger partial charge is 0.481 e. The number of carboxylic acids is 1. The van der Waals surface area contributed by atoms with Gasteiger partial charge in [0.1, 0.15) is 0 Å². The van der Waals surface area contributed by atoms with Gasteiger partial charge in [0.2, 0.25) is 0 Å². The van der Waals surface area contributed by atoms with Crippen molar-refractivity contribution < 1.29 is 14.7 Å². The molecule has 0 radical (unpaired) electrons. The third-order valence-corrected chi connectivity index (χ3v) is 3.78. The molecule has 120 valence electrons. The van der Waals surface area contributed by atoms with Crippen LogP contribution in [0.25, 0.3) is 0 Å². The number of rotatable bonds is 7. The summed E-state index contributed by atoms with van der Waals surface area (Å²) in [6, 6.07) is 16.6. The maximum Gasteiger partial charge on any atom is 0.303 e. The van der Waals surface area contributed by atoms with E-state index in [0.29, 0.717) is 12.0 Å². The van der Waals surface area contributed by atoms with E-state index in [-0.39, 0.29) is 18.4 Å². The zero-order valence-electron chi connectivity index (χ0n) is 13.2. The first-order chi connectivity index (χ1) is 11.1. The Kier molecular flexibility index (Phi) is 5.92. The fourth-order valence-corrected chi connectivity index (χ4v) is 2.41. The van der Waals surface area contributed by atoms with Crippen molar-refractivity contribution in [1.82, 2.24) is 5.32 Å². The number of amides is 1. The fourth-order valence-electron chi connectivity index (χ4n) is 2.41. The van der Waals surface area contributed by atoms with Crippen molar-refractivity contribution in [2.45, 2.75) is 32.2 Å². The van der Waals surface area contributed by atoms with Crippen LogP contribution < -0.4 is 5.32 Å². The lowest BCUT2D eigenvalue weighted by Gasteiger charge is -2.18. The van der Waals surface area contributed by atoms with Gasteiger partial charge < -0.3 is 10.4 Å². The predicted octanol–water partition coefficient (Wildman–Crippen LogP) is 3.58. The highest BCUT2D eigenvalue weighted by Crippen LogP contribution is 2.19. The third kappa shape index (κ3) is 4.95. The molecule has 0 aromatic heterocycles. The molecule has 1 atom stereocenters. The van der Waals surface area contributed by atoms with Crippen LogP contribution in [0.3, 0.4) is 0 Å². The van der Waals surface area contributed by atoms with Gasteiger partial charge in [0.05, 0.1) is 6.04 Å². The Labute approximate surface area is 136 Å². The zero-order valence-corrected chi connectivity index (χ0v) is 13.2. The minimum absolute atomic E-state index is 0.00855. The molecule has 0 bridgehead atoms. The Balaban J connectivity index is 2.12. The van der Waals surface area contributed by atoms with E-state index in [2.05, 4.69) is 12.2 Å². The number of carbonyl (C=O) groups excluding carboxylic acids is 1. The van der Waals surface area contributed by atoms with Crippen LogP contribution in [0.4, 0.5) is 0 Å². The van der Waals surface area contributed by atoms with Gasteiger partial charge >= 0.3 is 5.97 Å². The van der Waals surface area contributed by atoms with Crippen molar-refractivity contribution in [3.8, 4) is 0 Å². The SMILES string of the molecule is CCc1ccc(C(=O)NC(CCC(=O)O)c2ccccc2)cc1. The van der Waals surface area contributed by atoms with Gasteiger partial charge in [-0.15, -0.1) is 0 Å². The molecule has 0 aliphatic rings. The quantitative estimate of drug-likeness (QED) is 0.821. The molecule has 0 saturated carbocycles. The molecule has 2 N–H and O–H groups in total. The summed E-state index contributed by atoms with van der Waals surface area (Å²) in [5.74, 6) is -1.06. The molecule has 1 unspecified atom stereocenters. The first-order valence-corrected chi connectivity index (χ1v) is 7.76. The summed E-state index contributed by atoms with van der Waals surface area (Å²) < 4.78 is 0. The number of nitrogens with one attached hydrogen (secondary N) is 1. The van der Waals surface area contributed by atoms with Crippen LogP contribution in [0.2, 0.25) is 0 Å². The topological polar surface area (TPSA) is 66.4 Å². The van der Waals surface area contributed by atoms with Crippen LogP contribution in [0.5, 0.6) is 0 Å². The van der Waals surface area contributed by atoms with Crippen LogP contribution in [0, 0.1) is 0 Å². The van der Waals surface area contributed by atoms with Gasteiger partial charge in [-0.25, -0.2) is 0 Å². The van der Waals surface area contributed by atoms with Gasteiger partial charge in [0.15, 0.2) is 0 Å². The average molecular weight is 311 g/mol. The maximum absolute atomic E-state index is 12.4. The van der Waals surface area contributed by atoms with Gasteiger partial charge in [0, 0.05) is 12.0 Å². The summed E-state index contributed by atoms with van der Waals surface area (Å²) in [7, 11) is 0. The van der Waals surface area contributed by atoms with E-state index < -0.39 is 5.97 Å². The van der Waals surface area contributed by atoms with E-state index in [9.17, 15) is 9.59 Å². The van der Waals surface area contributed by atoms with Crippen molar-refractivity contribution >= 4 is 11.9 Å². The van der Waals surface area contributed by atoms with Gasteiger partial charge in [-0.05, 0) is 36.1 Å². The van der Waals surface area contributed by atoms with Crippen molar-refractivity contribution in [2.24, 2.45) is 0 Å². The second kappa shape index (κ2) is 8.13. The summed E-state index contributed by atoms with van der Waals surface area (Å²) in [4.78, 5) is 23.3. The third-order valence-electron chi connectivity index (χ3n) is 3.78. The van der Waals surface area contributed by atoms with Crippen LogP contribution in [0.15, 0.2) is 54.6 Å². The van der Waals surface area contributed by atoms with Crippen LogP contribution in [-0.2, 0) is 11.2 Å². The first kappa shape index (κ1) is 16.7. The molecule has 4 heteroatoms. The Hall–Kier alpha value is -2.62. The molecule has 2 aromatic rings. The Morgan fingerprint density at radius 2 is 1.70 bits per heavy atom. The predicted molar refractivity (Wildman–Crippen MR) is 89.3 cm³/mol. The number of aryl methyl sites for hydroxylation is 1. The van der Waals surface area contributed by atoms with Gasteiger partial charge in [0.25, 0.3) is 5.91 Å². The average Bonchev–Trinajstić information content (AvgIpc) is 2.59. The number of benzene rings is 2. The van der Waals surface area contributed by atoms with Crippen molar-refractivity contribution in [3.05, 3.63) is 71.3 Å². The lowest BCUT2D eigenvalue weighted by molar-refractivity contribution is -0.137. The summed E-state index contributed by atoms with van der Waals surface area (Å²) in [5, 5.41) is 11.8. The van der Waals surface area contributed by atoms with E-state index in [4.69, 9.17) is 5.11 Å². The summed E-state index contributed by atoms with van der Waals surface area (Å²) in [6.07, 6.45) is 1.29. The minimum atomic E-state index is -0.868. The second-order valence-corrected chi connectivity index (χ2v) is 5.42. The van der Waals surface area contributed by atoms with Gasteiger partial charge in [-0.1, -0.05) is 49.4 Å². The molecule has 4 nitrogen and oxygen atoms in total. The number of aliphatic carboxylic acids is 1. The van der Waals surface area contributed by atoms with Crippen molar-refractivity contribution in [2.75, 3.05) is 0 Å². The summed E-state index contributed by atoms with van der Waals surface area (Å²) >= 11 is 0. The molecule has 1 amide bonds. The molecule has 0 spiro atoms. The number of carboxylic acid groups (broad SMARTS) is 1. The van der Waals surface area contributed by atoms with Gasteiger partial charge in [-0.2, -0.15) is 0 Å². The number of hydrogen-bond donors (Lipinski definition) is 2. The fraction of sp³-hybridized carbons (Fsp3) is 0.263. The van der Waals surface area contributed by atoms with E-state index in [1.54, 1.807) is 12.1 Å². The van der Waals surface area contributed by atoms with E-state index in [1.165, 1.54) is 5.56 Å². The van der Waals surface area contributed by atoms with Crippen LogP contribution in [-0.4, -0.2) is 17.0 Å². The molecule has 2 rings (SSSR count). The lowest BCUT2D eigenvalue weighted by atomic mass is 10.0. The molecular formula is C19H21NO3. The van der Waals surface area contributed by atoms with Crippen LogP contribution in [0.1, 0.15) is 47.3 Å². The molecule has 0 aliphatic heterocycles. The standard InChI is InChI=1S/C19H21NO3/c1-2-14-8-10-16(11-9-14)19(23)20-17(12-13-18(21)22)15-6-4-3-5-7-15/h3-11,17H,2,12-13H2,1H3,(H,20,23)(H,21,22). The number of hydrogen-bond acceptors (Lipinski definition) is 2. The minimum Gasteiger partial charge on any atom is -0.481 e. The normalized spacial score (nSPS) is 11.7. The highest BCUT2D eigenvalue weighted by molar-refractivity contribution is 5.94. The monoisotopic (exact) mass is 311 g/mol. The van der Waals surface area contributed by atoms with Crippen molar-refractivity contribution in [3.63, 3.8) is 0 Å². The summed E-state index contributed by atoms with van der Waals surface area (Å²) in [6.45, 7) is 2.06. The van der Waals surface area contributed by atoms with Crippen molar-refractivity contribution in [1.29, 1.82) is 0 Å². The lowest BCUT2D eigenvalue weighted by Crippen LogP contribution is -2.29. The molecule has 0 heterocycles. The highest BCUT2D eigenvalue weighted by atomic mass is 16.4. The summed E-state index contributed by atoms with van der Waals surface area (Å²) in [5.41, 5.74) is 2.66. The second-order valence-electron chi connectivity index (χ2n) is 5.42.